The fraction of sp³-hybridized carbons (Fsp3) is 0.500. The van der Waals surface area contributed by atoms with Crippen molar-refractivity contribution in [1.82, 2.24) is 0 Å². The van der Waals surface area contributed by atoms with E-state index in [9.17, 15) is 9.59 Å². The second kappa shape index (κ2) is 4.89. The number of halogens is 1. The first kappa shape index (κ1) is 12.8. The Hall–Kier alpha value is -0.850. The summed E-state index contributed by atoms with van der Waals surface area (Å²) < 4.78 is 0. The SMILES string of the molecule is Cl.N[C@@H](C(=O)O)[C@@H](O)C(=O)O. The van der Waals surface area contributed by atoms with Gasteiger partial charge in [0.05, 0.1) is 0 Å². The quantitative estimate of drug-likeness (QED) is 0.415. The van der Waals surface area contributed by atoms with E-state index in [2.05, 4.69) is 0 Å². The predicted octanol–water partition coefficient (Wildman–Crippen LogP) is -1.73. The lowest BCUT2D eigenvalue weighted by molar-refractivity contribution is -0.154. The Morgan fingerprint density at radius 2 is 1.55 bits per heavy atom. The zero-order valence-corrected chi connectivity index (χ0v) is 6.11. The van der Waals surface area contributed by atoms with Crippen molar-refractivity contribution in [1.29, 1.82) is 0 Å². The minimum atomic E-state index is -2.04. The van der Waals surface area contributed by atoms with E-state index in [1.54, 1.807) is 0 Å². The number of rotatable bonds is 3. The van der Waals surface area contributed by atoms with Crippen LogP contribution in [-0.2, 0) is 9.59 Å². The average molecular weight is 186 g/mol. The largest absolute Gasteiger partial charge is 0.480 e. The van der Waals surface area contributed by atoms with Gasteiger partial charge in [0.15, 0.2) is 6.10 Å². The Labute approximate surface area is 68.0 Å². The van der Waals surface area contributed by atoms with Crippen LogP contribution in [-0.4, -0.2) is 39.4 Å². The van der Waals surface area contributed by atoms with Crippen molar-refractivity contribution >= 4 is 24.3 Å². The Morgan fingerprint density at radius 1 is 1.18 bits per heavy atom. The van der Waals surface area contributed by atoms with Crippen LogP contribution in [0.2, 0.25) is 0 Å². The van der Waals surface area contributed by atoms with Crippen molar-refractivity contribution in [3.05, 3.63) is 0 Å². The molecule has 0 aliphatic heterocycles. The summed E-state index contributed by atoms with van der Waals surface area (Å²) in [6, 6.07) is -1.77. The van der Waals surface area contributed by atoms with Gasteiger partial charge in [-0.05, 0) is 0 Å². The fourth-order valence-electron chi connectivity index (χ4n) is 0.289. The second-order valence-electron chi connectivity index (χ2n) is 1.65. The van der Waals surface area contributed by atoms with Gasteiger partial charge in [0.2, 0.25) is 0 Å². The van der Waals surface area contributed by atoms with E-state index in [-0.39, 0.29) is 12.4 Å². The first-order valence-corrected chi connectivity index (χ1v) is 2.36. The summed E-state index contributed by atoms with van der Waals surface area (Å²) in [7, 11) is 0. The lowest BCUT2D eigenvalue weighted by Gasteiger charge is -2.08. The smallest absolute Gasteiger partial charge is 0.334 e. The lowest BCUT2D eigenvalue weighted by Crippen LogP contribution is -2.46. The molecular formula is C4H8ClNO5. The average Bonchev–Trinajstić information content (AvgIpc) is 1.84. The van der Waals surface area contributed by atoms with Gasteiger partial charge in [0, 0.05) is 0 Å². The van der Waals surface area contributed by atoms with Crippen LogP contribution in [0.3, 0.4) is 0 Å². The molecule has 0 aliphatic carbocycles. The van der Waals surface area contributed by atoms with Crippen molar-refractivity contribution < 1.29 is 24.9 Å². The van der Waals surface area contributed by atoms with Gasteiger partial charge in [0.1, 0.15) is 6.04 Å². The number of carbonyl (C=O) groups is 2. The number of hydrogen-bond acceptors (Lipinski definition) is 4. The number of aliphatic hydroxyl groups excluding tert-OH is 1. The molecule has 0 aliphatic rings. The summed E-state index contributed by atoms with van der Waals surface area (Å²) in [5, 5.41) is 24.5. The van der Waals surface area contributed by atoms with Crippen LogP contribution in [0.25, 0.3) is 0 Å². The minimum Gasteiger partial charge on any atom is -0.480 e. The molecule has 0 aromatic rings. The summed E-state index contributed by atoms with van der Waals surface area (Å²) in [6.45, 7) is 0. The number of aliphatic hydroxyl groups is 1. The van der Waals surface area contributed by atoms with Crippen LogP contribution in [0.15, 0.2) is 0 Å². The van der Waals surface area contributed by atoms with Crippen LogP contribution in [0.1, 0.15) is 0 Å². The van der Waals surface area contributed by atoms with Crippen molar-refractivity contribution in [2.75, 3.05) is 0 Å². The van der Waals surface area contributed by atoms with Gasteiger partial charge in [0.25, 0.3) is 0 Å². The highest BCUT2D eigenvalue weighted by Crippen LogP contribution is 1.89. The molecule has 7 heteroatoms. The van der Waals surface area contributed by atoms with Crippen molar-refractivity contribution in [3.63, 3.8) is 0 Å². The molecule has 0 bridgehead atoms. The molecule has 0 aromatic heterocycles. The molecule has 5 N–H and O–H groups in total. The van der Waals surface area contributed by atoms with E-state index in [0.29, 0.717) is 0 Å². The van der Waals surface area contributed by atoms with E-state index in [4.69, 9.17) is 21.1 Å². The molecule has 0 saturated carbocycles. The molecule has 0 heterocycles. The molecule has 11 heavy (non-hydrogen) atoms. The summed E-state index contributed by atoms with van der Waals surface area (Å²) in [5.41, 5.74) is 4.73. The van der Waals surface area contributed by atoms with Crippen molar-refractivity contribution in [2.45, 2.75) is 12.1 Å². The minimum absolute atomic E-state index is 0. The molecule has 0 rings (SSSR count). The van der Waals surface area contributed by atoms with Gasteiger partial charge in [-0.2, -0.15) is 0 Å². The van der Waals surface area contributed by atoms with Crippen LogP contribution < -0.4 is 5.73 Å². The maximum Gasteiger partial charge on any atom is 0.334 e. The summed E-state index contributed by atoms with van der Waals surface area (Å²) in [4.78, 5) is 19.7. The Balaban J connectivity index is 0. The summed E-state index contributed by atoms with van der Waals surface area (Å²) in [6.07, 6.45) is -2.04. The van der Waals surface area contributed by atoms with Gasteiger partial charge in [-0.3, -0.25) is 4.79 Å². The topological polar surface area (TPSA) is 121 Å². The van der Waals surface area contributed by atoms with Gasteiger partial charge >= 0.3 is 11.9 Å². The molecule has 0 unspecified atom stereocenters. The second-order valence-corrected chi connectivity index (χ2v) is 1.65. The summed E-state index contributed by atoms with van der Waals surface area (Å²) >= 11 is 0. The maximum atomic E-state index is 9.90. The van der Waals surface area contributed by atoms with Gasteiger partial charge in [-0.1, -0.05) is 0 Å². The van der Waals surface area contributed by atoms with Crippen LogP contribution in [0.4, 0.5) is 0 Å². The third-order valence-corrected chi connectivity index (χ3v) is 0.878. The predicted molar refractivity (Wildman–Crippen MR) is 36.5 cm³/mol. The first-order valence-electron chi connectivity index (χ1n) is 2.36. The highest BCUT2D eigenvalue weighted by Gasteiger charge is 2.27. The standard InChI is InChI=1S/C4H7NO5.ClH/c5-1(3(7)8)2(6)4(9)10;/h1-2,6H,5H2,(H,7,8)(H,9,10);1H/t1-,2-;/m1./s1. The number of carboxylic acids is 2. The molecule has 0 saturated heterocycles. The Kier molecular flexibility index (Phi) is 5.69. The Morgan fingerprint density at radius 3 is 1.64 bits per heavy atom. The van der Waals surface area contributed by atoms with Crippen LogP contribution in [0.5, 0.6) is 0 Å². The number of aliphatic carboxylic acids is 2. The summed E-state index contributed by atoms with van der Waals surface area (Å²) in [5.74, 6) is -3.19. The monoisotopic (exact) mass is 185 g/mol. The van der Waals surface area contributed by atoms with Crippen LogP contribution >= 0.6 is 12.4 Å². The van der Waals surface area contributed by atoms with E-state index in [0.717, 1.165) is 0 Å². The number of hydrogen-bond donors (Lipinski definition) is 4. The number of carboxylic acid groups (broad SMARTS) is 2. The molecule has 0 spiro atoms. The van der Waals surface area contributed by atoms with Crippen molar-refractivity contribution in [2.24, 2.45) is 5.73 Å². The Bertz CT molecular complexity index is 143. The molecular weight excluding hydrogens is 177 g/mol. The highest BCUT2D eigenvalue weighted by molar-refractivity contribution is 5.85. The molecule has 0 fully saturated rings. The van der Waals surface area contributed by atoms with E-state index >= 15 is 0 Å². The lowest BCUT2D eigenvalue weighted by atomic mass is 10.2. The molecule has 2 atom stereocenters. The maximum absolute atomic E-state index is 9.90. The van der Waals surface area contributed by atoms with Gasteiger partial charge in [-0.15, -0.1) is 12.4 Å². The molecule has 0 amide bonds. The number of nitrogens with two attached hydrogens (primary N) is 1. The van der Waals surface area contributed by atoms with E-state index in [1.165, 1.54) is 0 Å². The van der Waals surface area contributed by atoms with Crippen molar-refractivity contribution in [3.8, 4) is 0 Å². The molecule has 0 radical (unpaired) electrons. The van der Waals surface area contributed by atoms with E-state index in [1.807, 2.05) is 0 Å². The van der Waals surface area contributed by atoms with E-state index < -0.39 is 24.1 Å². The third kappa shape index (κ3) is 3.76. The zero-order chi connectivity index (χ0) is 8.31. The fourth-order valence-corrected chi connectivity index (χ4v) is 0.289. The first-order chi connectivity index (χ1) is 4.46. The van der Waals surface area contributed by atoms with Crippen LogP contribution in [0, 0.1) is 0 Å². The van der Waals surface area contributed by atoms with Gasteiger partial charge in [-0.25, -0.2) is 4.79 Å². The highest BCUT2D eigenvalue weighted by atomic mass is 35.5. The zero-order valence-electron chi connectivity index (χ0n) is 5.30. The normalized spacial score (nSPS) is 14.4. The molecule has 0 aromatic carbocycles. The molecule has 6 nitrogen and oxygen atoms in total. The third-order valence-electron chi connectivity index (χ3n) is 0.878. The van der Waals surface area contributed by atoms with Gasteiger partial charge < -0.3 is 21.1 Å². The molecule has 66 valence electrons.